The number of carbonyl (C=O) groups excluding carboxylic acids is 1. The number of rotatable bonds is 8. The Morgan fingerprint density at radius 2 is 1.89 bits per heavy atom. The topological polar surface area (TPSA) is 28.5 Å². The zero-order valence-corrected chi connectivity index (χ0v) is 18.4. The number of nitrogens with zero attached hydrogens (tertiary/aromatic N) is 3. The van der Waals surface area contributed by atoms with E-state index in [2.05, 4.69) is 60.4 Å². The molecule has 3 rings (SSSR count). The van der Waals surface area contributed by atoms with Crippen LogP contribution in [0.15, 0.2) is 18.2 Å². The van der Waals surface area contributed by atoms with E-state index in [-0.39, 0.29) is 11.9 Å². The van der Waals surface area contributed by atoms with E-state index >= 15 is 0 Å². The normalized spacial score (nSPS) is 16.8. The smallest absolute Gasteiger partial charge is 0.220 e. The van der Waals surface area contributed by atoms with Crippen LogP contribution in [0, 0.1) is 6.92 Å². The van der Waals surface area contributed by atoms with Crippen molar-refractivity contribution in [2.45, 2.75) is 65.8 Å². The second-order valence-corrected chi connectivity index (χ2v) is 8.41. The Bertz CT molecular complexity index is 817. The van der Waals surface area contributed by atoms with Gasteiger partial charge in [-0.15, -0.1) is 0 Å². The standard InChI is InChI=1S/C24H37N3O/c1-6-13-26(14-7-2)15-8-9-23-24-20(12-16-27(23)19(4)28)21-17-18(3)10-11-22(21)25(24)5/h10-11,17,23H,6-9,12-16H2,1-5H3. The van der Waals surface area contributed by atoms with Crippen molar-refractivity contribution >= 4 is 16.8 Å². The highest BCUT2D eigenvalue weighted by atomic mass is 16.2. The fourth-order valence-electron chi connectivity index (χ4n) is 5.02. The van der Waals surface area contributed by atoms with Crippen LogP contribution in [0.3, 0.4) is 0 Å². The van der Waals surface area contributed by atoms with E-state index in [9.17, 15) is 4.79 Å². The molecular weight excluding hydrogens is 346 g/mol. The first-order valence-electron chi connectivity index (χ1n) is 11.0. The first kappa shape index (κ1) is 20.9. The summed E-state index contributed by atoms with van der Waals surface area (Å²) in [6, 6.07) is 6.95. The van der Waals surface area contributed by atoms with Crippen LogP contribution in [-0.2, 0) is 18.3 Å². The van der Waals surface area contributed by atoms with Crippen molar-refractivity contribution in [1.82, 2.24) is 14.4 Å². The zero-order valence-electron chi connectivity index (χ0n) is 18.4. The summed E-state index contributed by atoms with van der Waals surface area (Å²) in [7, 11) is 2.17. The Hall–Kier alpha value is -1.81. The monoisotopic (exact) mass is 383 g/mol. The Labute approximate surface area is 170 Å². The summed E-state index contributed by atoms with van der Waals surface area (Å²) in [5.74, 6) is 0.205. The van der Waals surface area contributed by atoms with Gasteiger partial charge in [-0.05, 0) is 76.4 Å². The van der Waals surface area contributed by atoms with Crippen molar-refractivity contribution in [2.75, 3.05) is 26.2 Å². The fraction of sp³-hybridized carbons (Fsp3) is 0.625. The number of carbonyl (C=O) groups is 1. The molecule has 1 aliphatic heterocycles. The summed E-state index contributed by atoms with van der Waals surface area (Å²) < 4.78 is 2.35. The maximum Gasteiger partial charge on any atom is 0.220 e. The minimum atomic E-state index is 0.198. The van der Waals surface area contributed by atoms with Gasteiger partial charge in [0, 0.05) is 37.1 Å². The summed E-state index contributed by atoms with van der Waals surface area (Å²) >= 11 is 0. The van der Waals surface area contributed by atoms with Crippen molar-refractivity contribution in [2.24, 2.45) is 7.05 Å². The molecule has 0 saturated heterocycles. The van der Waals surface area contributed by atoms with E-state index in [1.165, 1.54) is 53.7 Å². The maximum absolute atomic E-state index is 12.4. The molecule has 0 fully saturated rings. The summed E-state index contributed by atoms with van der Waals surface area (Å²) in [5, 5.41) is 1.38. The molecule has 1 aliphatic rings. The van der Waals surface area contributed by atoms with Gasteiger partial charge < -0.3 is 14.4 Å². The third-order valence-electron chi connectivity index (χ3n) is 6.24. The molecule has 0 aliphatic carbocycles. The molecule has 154 valence electrons. The lowest BCUT2D eigenvalue weighted by Gasteiger charge is -2.36. The number of amides is 1. The van der Waals surface area contributed by atoms with Crippen molar-refractivity contribution in [3.63, 3.8) is 0 Å². The van der Waals surface area contributed by atoms with Gasteiger partial charge in [-0.2, -0.15) is 0 Å². The number of fused-ring (bicyclic) bond motifs is 3. The summed E-state index contributed by atoms with van der Waals surface area (Å²) in [6.45, 7) is 12.7. The number of hydrogen-bond donors (Lipinski definition) is 0. The molecule has 1 aromatic heterocycles. The molecule has 0 saturated carbocycles. The third kappa shape index (κ3) is 4.12. The summed E-state index contributed by atoms with van der Waals surface area (Å²) in [6.07, 6.45) is 5.55. The second kappa shape index (κ2) is 9.13. The van der Waals surface area contributed by atoms with E-state index in [4.69, 9.17) is 0 Å². The van der Waals surface area contributed by atoms with E-state index in [0.717, 1.165) is 32.4 Å². The van der Waals surface area contributed by atoms with Gasteiger partial charge in [-0.3, -0.25) is 4.79 Å². The van der Waals surface area contributed by atoms with Crippen LogP contribution in [-0.4, -0.2) is 46.5 Å². The van der Waals surface area contributed by atoms with Crippen LogP contribution in [0.25, 0.3) is 10.9 Å². The molecule has 0 N–H and O–H groups in total. The molecule has 0 bridgehead atoms. The largest absolute Gasteiger partial charge is 0.346 e. The lowest BCUT2D eigenvalue weighted by molar-refractivity contribution is -0.132. The van der Waals surface area contributed by atoms with Crippen LogP contribution in [0.5, 0.6) is 0 Å². The Balaban J connectivity index is 1.88. The predicted molar refractivity (Wildman–Crippen MR) is 118 cm³/mol. The molecule has 2 heterocycles. The molecule has 4 heteroatoms. The van der Waals surface area contributed by atoms with Crippen molar-refractivity contribution < 1.29 is 4.79 Å². The Morgan fingerprint density at radius 3 is 2.54 bits per heavy atom. The highest BCUT2D eigenvalue weighted by Crippen LogP contribution is 2.39. The third-order valence-corrected chi connectivity index (χ3v) is 6.24. The molecule has 1 atom stereocenters. The minimum Gasteiger partial charge on any atom is -0.346 e. The van der Waals surface area contributed by atoms with Crippen LogP contribution >= 0.6 is 0 Å². The van der Waals surface area contributed by atoms with Gasteiger partial charge in [0.15, 0.2) is 0 Å². The summed E-state index contributed by atoms with van der Waals surface area (Å²) in [5.41, 5.74) is 5.42. The van der Waals surface area contributed by atoms with Crippen LogP contribution in [0.4, 0.5) is 0 Å². The van der Waals surface area contributed by atoms with Gasteiger partial charge in [0.05, 0.1) is 6.04 Å². The molecule has 1 aromatic carbocycles. The van der Waals surface area contributed by atoms with E-state index < -0.39 is 0 Å². The molecule has 28 heavy (non-hydrogen) atoms. The lowest BCUT2D eigenvalue weighted by Crippen LogP contribution is -2.40. The van der Waals surface area contributed by atoms with Crippen molar-refractivity contribution in [1.29, 1.82) is 0 Å². The predicted octanol–water partition coefficient (Wildman–Crippen LogP) is 4.83. The molecule has 1 unspecified atom stereocenters. The van der Waals surface area contributed by atoms with Gasteiger partial charge in [-0.25, -0.2) is 0 Å². The Morgan fingerprint density at radius 1 is 1.18 bits per heavy atom. The van der Waals surface area contributed by atoms with Crippen LogP contribution in [0.2, 0.25) is 0 Å². The Kier molecular flexibility index (Phi) is 6.82. The first-order chi connectivity index (χ1) is 13.5. The molecular formula is C24H37N3O. The molecule has 1 amide bonds. The lowest BCUT2D eigenvalue weighted by atomic mass is 9.93. The van der Waals surface area contributed by atoms with Crippen LogP contribution < -0.4 is 0 Å². The second-order valence-electron chi connectivity index (χ2n) is 8.41. The van der Waals surface area contributed by atoms with E-state index in [0.29, 0.717) is 0 Å². The molecule has 4 nitrogen and oxygen atoms in total. The molecule has 0 spiro atoms. The van der Waals surface area contributed by atoms with Crippen molar-refractivity contribution in [3.8, 4) is 0 Å². The quantitative estimate of drug-likeness (QED) is 0.653. The van der Waals surface area contributed by atoms with Gasteiger partial charge >= 0.3 is 0 Å². The zero-order chi connectivity index (χ0) is 20.3. The number of aromatic nitrogens is 1. The summed E-state index contributed by atoms with van der Waals surface area (Å²) in [4.78, 5) is 17.1. The van der Waals surface area contributed by atoms with Crippen molar-refractivity contribution in [3.05, 3.63) is 35.0 Å². The van der Waals surface area contributed by atoms with E-state index in [1.54, 1.807) is 6.92 Å². The first-order valence-corrected chi connectivity index (χ1v) is 11.0. The van der Waals surface area contributed by atoms with E-state index in [1.807, 2.05) is 0 Å². The van der Waals surface area contributed by atoms with Gasteiger partial charge in [-0.1, -0.05) is 25.5 Å². The number of hydrogen-bond acceptors (Lipinski definition) is 2. The SMILES string of the molecule is CCCN(CCC)CCCC1c2c(c3cc(C)ccc3n2C)CCN1C(C)=O. The van der Waals surface area contributed by atoms with Gasteiger partial charge in [0.2, 0.25) is 5.91 Å². The fourth-order valence-corrected chi connectivity index (χ4v) is 5.02. The molecule has 0 radical (unpaired) electrons. The average Bonchev–Trinajstić information content (AvgIpc) is 2.94. The average molecular weight is 384 g/mol. The highest BCUT2D eigenvalue weighted by molar-refractivity contribution is 5.87. The van der Waals surface area contributed by atoms with Crippen LogP contribution in [0.1, 0.15) is 69.3 Å². The number of benzene rings is 1. The molecule has 2 aromatic rings. The maximum atomic E-state index is 12.4. The minimum absolute atomic E-state index is 0.198. The van der Waals surface area contributed by atoms with Gasteiger partial charge in [0.25, 0.3) is 0 Å². The van der Waals surface area contributed by atoms with Gasteiger partial charge in [0.1, 0.15) is 0 Å². The highest BCUT2D eigenvalue weighted by Gasteiger charge is 2.33. The number of aryl methyl sites for hydroxylation is 2.